The summed E-state index contributed by atoms with van der Waals surface area (Å²) in [5, 5.41) is 2.65. The molecule has 1 N–H and O–H groups in total. The highest BCUT2D eigenvalue weighted by molar-refractivity contribution is 7.85. The molecule has 0 unspecified atom stereocenters. The molecule has 0 atom stereocenters. The van der Waals surface area contributed by atoms with Gasteiger partial charge in [0, 0.05) is 19.6 Å². The molecule has 7 heteroatoms. The fourth-order valence-electron chi connectivity index (χ4n) is 1.10. The summed E-state index contributed by atoms with van der Waals surface area (Å²) in [6, 6.07) is 0. The third-order valence-electron chi connectivity index (χ3n) is 1.96. The van der Waals surface area contributed by atoms with E-state index in [1.165, 1.54) is 6.08 Å². The van der Waals surface area contributed by atoms with E-state index in [1.54, 1.807) is 0 Å². The summed E-state index contributed by atoms with van der Waals surface area (Å²) in [4.78, 5) is 12.8. The quantitative estimate of drug-likeness (QED) is 0.348. The molecule has 1 amide bonds. The van der Waals surface area contributed by atoms with E-state index in [9.17, 15) is 13.2 Å². The molecule has 100 valence electrons. The summed E-state index contributed by atoms with van der Waals surface area (Å²) in [5.41, 5.74) is 0. The molecule has 0 radical (unpaired) electrons. The molecule has 0 heterocycles. The molecule has 0 aliphatic heterocycles. The van der Waals surface area contributed by atoms with Crippen LogP contribution < -0.4 is 5.32 Å². The molecule has 0 saturated carbocycles. The Morgan fingerprint density at radius 1 is 1.47 bits per heavy atom. The van der Waals surface area contributed by atoms with Crippen LogP contribution in [0.3, 0.4) is 0 Å². The van der Waals surface area contributed by atoms with Crippen LogP contribution in [0.25, 0.3) is 0 Å². The monoisotopic (exact) mass is 264 g/mol. The summed E-state index contributed by atoms with van der Waals surface area (Å²) >= 11 is 0. The van der Waals surface area contributed by atoms with E-state index in [1.807, 2.05) is 11.9 Å². The Labute approximate surface area is 103 Å². The van der Waals surface area contributed by atoms with Gasteiger partial charge in [0.15, 0.2) is 0 Å². The van der Waals surface area contributed by atoms with Gasteiger partial charge in [0.2, 0.25) is 5.91 Å². The van der Waals surface area contributed by atoms with Gasteiger partial charge in [-0.1, -0.05) is 6.58 Å². The summed E-state index contributed by atoms with van der Waals surface area (Å²) in [6.07, 6.45) is 2.88. The van der Waals surface area contributed by atoms with Gasteiger partial charge >= 0.3 is 0 Å². The average molecular weight is 264 g/mol. The molecule has 0 aromatic heterocycles. The molecule has 0 saturated heterocycles. The van der Waals surface area contributed by atoms with Crippen LogP contribution in [0.2, 0.25) is 0 Å². The van der Waals surface area contributed by atoms with Gasteiger partial charge in [-0.2, -0.15) is 8.42 Å². The van der Waals surface area contributed by atoms with Crippen molar-refractivity contribution in [2.24, 2.45) is 0 Å². The number of likely N-dealkylation sites (N-methyl/N-ethyl adjacent to an activating group) is 1. The van der Waals surface area contributed by atoms with E-state index in [2.05, 4.69) is 16.1 Å². The van der Waals surface area contributed by atoms with E-state index in [0.717, 1.165) is 6.26 Å². The summed E-state index contributed by atoms with van der Waals surface area (Å²) in [5.74, 6) is -0.196. The molecule has 0 aromatic rings. The highest BCUT2D eigenvalue weighted by Crippen LogP contribution is 1.92. The van der Waals surface area contributed by atoms with Crippen molar-refractivity contribution in [3.8, 4) is 0 Å². The van der Waals surface area contributed by atoms with Gasteiger partial charge < -0.3 is 10.2 Å². The van der Waals surface area contributed by atoms with Crippen LogP contribution >= 0.6 is 0 Å². The predicted octanol–water partition coefficient (Wildman–Crippen LogP) is -0.413. The van der Waals surface area contributed by atoms with Gasteiger partial charge in [-0.3, -0.25) is 8.98 Å². The highest BCUT2D eigenvalue weighted by Gasteiger charge is 2.03. The maximum absolute atomic E-state index is 10.8. The second-order valence-electron chi connectivity index (χ2n) is 3.68. The lowest BCUT2D eigenvalue weighted by atomic mass is 10.4. The molecule has 0 fully saturated rings. The Morgan fingerprint density at radius 2 is 2.12 bits per heavy atom. The largest absolute Gasteiger partial charge is 0.351 e. The maximum Gasteiger partial charge on any atom is 0.264 e. The van der Waals surface area contributed by atoms with Crippen molar-refractivity contribution < 1.29 is 17.4 Å². The van der Waals surface area contributed by atoms with E-state index < -0.39 is 10.1 Å². The molecule has 0 aromatic carbocycles. The minimum absolute atomic E-state index is 0.183. The first-order chi connectivity index (χ1) is 7.85. The van der Waals surface area contributed by atoms with Crippen molar-refractivity contribution in [2.45, 2.75) is 6.42 Å². The lowest BCUT2D eigenvalue weighted by Crippen LogP contribution is -2.32. The first kappa shape index (κ1) is 16.1. The smallest absolute Gasteiger partial charge is 0.264 e. The zero-order valence-corrected chi connectivity index (χ0v) is 11.1. The number of nitrogens with one attached hydrogen (secondary N) is 1. The second kappa shape index (κ2) is 8.21. The lowest BCUT2D eigenvalue weighted by molar-refractivity contribution is -0.116. The molecule has 0 spiro atoms. The van der Waals surface area contributed by atoms with Gasteiger partial charge in [-0.15, -0.1) is 0 Å². The van der Waals surface area contributed by atoms with Crippen molar-refractivity contribution in [2.75, 3.05) is 39.5 Å². The van der Waals surface area contributed by atoms with Crippen LogP contribution in [-0.4, -0.2) is 58.8 Å². The number of hydrogen-bond acceptors (Lipinski definition) is 5. The molecular formula is C10H20N2O4S. The minimum atomic E-state index is -3.34. The van der Waals surface area contributed by atoms with Crippen LogP contribution in [0, 0.1) is 0 Å². The predicted molar refractivity (Wildman–Crippen MR) is 66.1 cm³/mol. The topological polar surface area (TPSA) is 75.7 Å². The van der Waals surface area contributed by atoms with Gasteiger partial charge in [-0.05, 0) is 19.5 Å². The second-order valence-corrected chi connectivity index (χ2v) is 5.32. The molecular weight excluding hydrogens is 244 g/mol. The normalized spacial score (nSPS) is 11.5. The fraction of sp³-hybridized carbons (Fsp3) is 0.700. The number of hydrogen-bond donors (Lipinski definition) is 1. The van der Waals surface area contributed by atoms with Crippen molar-refractivity contribution in [1.82, 2.24) is 10.2 Å². The number of nitrogens with zero attached hydrogens (tertiary/aromatic N) is 1. The number of carbonyl (C=O) groups is 1. The highest BCUT2D eigenvalue weighted by atomic mass is 32.2. The van der Waals surface area contributed by atoms with E-state index in [-0.39, 0.29) is 12.5 Å². The van der Waals surface area contributed by atoms with Crippen LogP contribution in [0.5, 0.6) is 0 Å². The zero-order chi connectivity index (χ0) is 13.3. The Bertz CT molecular complexity index is 340. The van der Waals surface area contributed by atoms with E-state index in [0.29, 0.717) is 26.1 Å². The number of carbonyl (C=O) groups excluding carboxylic acids is 1. The van der Waals surface area contributed by atoms with Crippen LogP contribution in [0.4, 0.5) is 0 Å². The lowest BCUT2D eigenvalue weighted by Gasteiger charge is -2.16. The van der Waals surface area contributed by atoms with Crippen LogP contribution in [0.15, 0.2) is 12.7 Å². The standard InChI is InChI=1S/C10H20N2O4S/c1-4-10(13)11-6-8-12(2)7-5-9-16-17(3,14)15/h4H,1,5-9H2,2-3H3,(H,11,13). The van der Waals surface area contributed by atoms with Crippen molar-refractivity contribution in [3.63, 3.8) is 0 Å². The maximum atomic E-state index is 10.8. The van der Waals surface area contributed by atoms with Gasteiger partial charge in [0.1, 0.15) is 0 Å². The van der Waals surface area contributed by atoms with Crippen LogP contribution in [0.1, 0.15) is 6.42 Å². The third-order valence-corrected chi connectivity index (χ3v) is 2.55. The first-order valence-electron chi connectivity index (χ1n) is 5.28. The number of rotatable bonds is 9. The zero-order valence-electron chi connectivity index (χ0n) is 10.3. The van der Waals surface area contributed by atoms with Crippen molar-refractivity contribution in [3.05, 3.63) is 12.7 Å². The summed E-state index contributed by atoms with van der Waals surface area (Å²) in [7, 11) is -1.45. The molecule has 0 aliphatic rings. The van der Waals surface area contributed by atoms with Crippen LogP contribution in [-0.2, 0) is 19.1 Å². The average Bonchev–Trinajstić information content (AvgIpc) is 2.23. The third kappa shape index (κ3) is 11.3. The molecule has 0 rings (SSSR count). The Kier molecular flexibility index (Phi) is 7.77. The molecule has 17 heavy (non-hydrogen) atoms. The SMILES string of the molecule is C=CC(=O)NCCN(C)CCCOS(C)(=O)=O. The molecule has 0 aliphatic carbocycles. The van der Waals surface area contributed by atoms with Gasteiger partial charge in [0.05, 0.1) is 12.9 Å². The Balaban J connectivity index is 3.50. The summed E-state index contributed by atoms with van der Waals surface area (Å²) in [6.45, 7) is 5.46. The van der Waals surface area contributed by atoms with Crippen molar-refractivity contribution >= 4 is 16.0 Å². The van der Waals surface area contributed by atoms with E-state index in [4.69, 9.17) is 0 Å². The number of amides is 1. The minimum Gasteiger partial charge on any atom is -0.351 e. The fourth-order valence-corrected chi connectivity index (χ4v) is 1.52. The van der Waals surface area contributed by atoms with Crippen molar-refractivity contribution in [1.29, 1.82) is 0 Å². The Hall–Kier alpha value is -0.920. The van der Waals surface area contributed by atoms with Gasteiger partial charge in [0.25, 0.3) is 10.1 Å². The van der Waals surface area contributed by atoms with Gasteiger partial charge in [-0.25, -0.2) is 0 Å². The first-order valence-corrected chi connectivity index (χ1v) is 7.10. The summed E-state index contributed by atoms with van der Waals surface area (Å²) < 4.78 is 25.9. The molecule has 6 nitrogen and oxygen atoms in total. The Morgan fingerprint density at radius 3 is 2.65 bits per heavy atom. The molecule has 0 bridgehead atoms. The van der Waals surface area contributed by atoms with E-state index >= 15 is 0 Å².